The number of azo groups is 1. The zero-order valence-corrected chi connectivity index (χ0v) is 17.9. The van der Waals surface area contributed by atoms with Crippen LogP contribution in [0.15, 0.2) is 74.5 Å². The molecule has 3 rings (SSSR count). The number of thioether (sulfide) groups is 1. The summed E-state index contributed by atoms with van der Waals surface area (Å²) >= 11 is 2.73. The van der Waals surface area contributed by atoms with Crippen molar-refractivity contribution in [2.75, 3.05) is 17.7 Å². The molecule has 0 spiro atoms. The predicted octanol–water partition coefficient (Wildman–Crippen LogP) is 5.39. The van der Waals surface area contributed by atoms with Gasteiger partial charge in [-0.15, -0.1) is 11.3 Å². The first-order valence-corrected chi connectivity index (χ1v) is 11.1. The quantitative estimate of drug-likeness (QED) is 0.273. The number of carbonyl (C=O) groups excluding carboxylic acids is 2. The number of rotatable bonds is 9. The van der Waals surface area contributed by atoms with Crippen molar-refractivity contribution in [3.05, 3.63) is 65.7 Å². The van der Waals surface area contributed by atoms with E-state index in [9.17, 15) is 9.59 Å². The van der Waals surface area contributed by atoms with E-state index in [-0.39, 0.29) is 24.1 Å². The molecule has 0 unspecified atom stereocenters. The summed E-state index contributed by atoms with van der Waals surface area (Å²) in [7, 11) is 0. The molecule has 0 aliphatic carbocycles. The second-order valence-electron chi connectivity index (χ2n) is 6.01. The summed E-state index contributed by atoms with van der Waals surface area (Å²) < 4.78 is 5.65. The van der Waals surface area contributed by atoms with Gasteiger partial charge in [-0.1, -0.05) is 30.0 Å². The smallest absolute Gasteiger partial charge is 0.311 e. The third-order valence-electron chi connectivity index (χ3n) is 3.68. The number of anilines is 1. The number of nitrogens with zero attached hydrogens (tertiary/aromatic N) is 3. The van der Waals surface area contributed by atoms with Crippen molar-refractivity contribution in [1.82, 2.24) is 4.98 Å². The van der Waals surface area contributed by atoms with E-state index < -0.39 is 0 Å². The van der Waals surface area contributed by atoms with Crippen LogP contribution in [-0.4, -0.2) is 29.2 Å². The van der Waals surface area contributed by atoms with Crippen LogP contribution in [0.2, 0.25) is 0 Å². The van der Waals surface area contributed by atoms with Crippen molar-refractivity contribution in [3.63, 3.8) is 0 Å². The summed E-state index contributed by atoms with van der Waals surface area (Å²) in [6, 6.07) is 16.6. The highest BCUT2D eigenvalue weighted by Crippen LogP contribution is 2.24. The van der Waals surface area contributed by atoms with Gasteiger partial charge in [-0.05, 0) is 43.3 Å². The molecule has 154 valence electrons. The van der Waals surface area contributed by atoms with Gasteiger partial charge in [-0.3, -0.25) is 9.59 Å². The lowest BCUT2D eigenvalue weighted by Gasteiger charge is -2.04. The largest absolute Gasteiger partial charge is 0.466 e. The molecule has 0 aliphatic heterocycles. The summed E-state index contributed by atoms with van der Waals surface area (Å²) in [5, 5.41) is 13.0. The van der Waals surface area contributed by atoms with Gasteiger partial charge in [0.25, 0.3) is 0 Å². The molecule has 1 N–H and O–H groups in total. The minimum Gasteiger partial charge on any atom is -0.466 e. The number of hydrogen-bond donors (Lipinski definition) is 1. The maximum atomic E-state index is 12.2. The maximum absolute atomic E-state index is 12.2. The van der Waals surface area contributed by atoms with Crippen LogP contribution in [0.4, 0.5) is 17.1 Å². The highest BCUT2D eigenvalue weighted by Gasteiger charge is 2.10. The Labute approximate surface area is 182 Å². The van der Waals surface area contributed by atoms with E-state index in [0.717, 1.165) is 10.0 Å². The SMILES string of the molecule is CCOC(=O)Cc1csc(SCC(=O)Nc2ccc(N=Nc3ccccc3)cc2)n1. The molecule has 30 heavy (non-hydrogen) atoms. The lowest BCUT2D eigenvalue weighted by molar-refractivity contribution is -0.142. The fourth-order valence-electron chi connectivity index (χ4n) is 2.34. The first-order valence-electron chi connectivity index (χ1n) is 9.22. The Hall–Kier alpha value is -3.04. The second kappa shape index (κ2) is 11.2. The monoisotopic (exact) mass is 440 g/mol. The highest BCUT2D eigenvalue weighted by molar-refractivity contribution is 8.01. The zero-order valence-electron chi connectivity index (χ0n) is 16.3. The molecule has 9 heteroatoms. The zero-order chi connectivity index (χ0) is 21.2. The fourth-order valence-corrected chi connectivity index (χ4v) is 3.99. The Morgan fingerprint density at radius 3 is 2.47 bits per heavy atom. The summed E-state index contributed by atoms with van der Waals surface area (Å²) in [6.07, 6.45) is 0.144. The third-order valence-corrected chi connectivity index (χ3v) is 5.75. The molecule has 1 heterocycles. The van der Waals surface area contributed by atoms with Crippen molar-refractivity contribution in [1.29, 1.82) is 0 Å². The summed E-state index contributed by atoms with van der Waals surface area (Å²) in [5.74, 6) is -0.216. The molecule has 0 bridgehead atoms. The van der Waals surface area contributed by atoms with Crippen molar-refractivity contribution >= 4 is 52.0 Å². The first kappa shape index (κ1) is 21.7. The van der Waals surface area contributed by atoms with Gasteiger partial charge in [0.15, 0.2) is 4.34 Å². The van der Waals surface area contributed by atoms with E-state index in [0.29, 0.717) is 23.7 Å². The van der Waals surface area contributed by atoms with Gasteiger partial charge in [0.1, 0.15) is 0 Å². The molecular weight excluding hydrogens is 420 g/mol. The summed E-state index contributed by atoms with van der Waals surface area (Å²) in [4.78, 5) is 28.0. The van der Waals surface area contributed by atoms with Crippen LogP contribution in [0.1, 0.15) is 12.6 Å². The molecule has 7 nitrogen and oxygen atoms in total. The molecule has 0 fully saturated rings. The van der Waals surface area contributed by atoms with E-state index in [1.807, 2.05) is 30.3 Å². The van der Waals surface area contributed by atoms with E-state index in [2.05, 4.69) is 20.5 Å². The normalized spacial score (nSPS) is 10.8. The summed E-state index contributed by atoms with van der Waals surface area (Å²) in [6.45, 7) is 2.11. The minimum absolute atomic E-state index is 0.138. The van der Waals surface area contributed by atoms with Crippen LogP contribution in [0.5, 0.6) is 0 Å². The molecule has 0 saturated carbocycles. The number of carbonyl (C=O) groups is 2. The number of ether oxygens (including phenoxy) is 1. The first-order chi connectivity index (χ1) is 14.6. The average Bonchev–Trinajstić information content (AvgIpc) is 3.20. The van der Waals surface area contributed by atoms with Crippen molar-refractivity contribution < 1.29 is 14.3 Å². The predicted molar refractivity (Wildman–Crippen MR) is 119 cm³/mol. The van der Waals surface area contributed by atoms with E-state index in [1.165, 1.54) is 23.1 Å². The second-order valence-corrected chi connectivity index (χ2v) is 8.09. The lowest BCUT2D eigenvalue weighted by Crippen LogP contribution is -2.13. The number of amides is 1. The molecular formula is C21H20N4O3S2. The molecule has 0 radical (unpaired) electrons. The van der Waals surface area contributed by atoms with Gasteiger partial charge in [-0.25, -0.2) is 4.98 Å². The molecule has 0 saturated heterocycles. The van der Waals surface area contributed by atoms with Gasteiger partial charge < -0.3 is 10.1 Å². The van der Waals surface area contributed by atoms with Gasteiger partial charge >= 0.3 is 5.97 Å². The molecule has 0 aliphatic rings. The Kier molecular flexibility index (Phi) is 8.10. The average molecular weight is 441 g/mol. The number of esters is 1. The van der Waals surface area contributed by atoms with Crippen molar-refractivity contribution in [3.8, 4) is 0 Å². The number of benzene rings is 2. The Morgan fingerprint density at radius 1 is 1.07 bits per heavy atom. The van der Waals surface area contributed by atoms with Crippen molar-refractivity contribution in [2.45, 2.75) is 17.7 Å². The van der Waals surface area contributed by atoms with Gasteiger partial charge in [0.2, 0.25) is 5.91 Å². The van der Waals surface area contributed by atoms with Gasteiger partial charge in [0, 0.05) is 11.1 Å². The van der Waals surface area contributed by atoms with Crippen LogP contribution in [-0.2, 0) is 20.7 Å². The third kappa shape index (κ3) is 7.09. The number of nitrogens with one attached hydrogen (secondary N) is 1. The molecule has 3 aromatic rings. The molecule has 0 atom stereocenters. The Bertz CT molecular complexity index is 1000. The standard InChI is InChI=1S/C21H20N4O3S2/c1-2-28-20(27)12-18-13-29-21(23-18)30-14-19(26)22-15-8-10-17(11-9-15)25-24-16-6-4-3-5-7-16/h3-11,13H,2,12,14H2,1H3,(H,22,26). The Balaban J connectivity index is 1.45. The van der Waals surface area contributed by atoms with E-state index in [1.54, 1.807) is 36.6 Å². The van der Waals surface area contributed by atoms with Crippen LogP contribution in [0, 0.1) is 0 Å². The number of thiazole rings is 1. The molecule has 1 amide bonds. The van der Waals surface area contributed by atoms with Crippen LogP contribution >= 0.6 is 23.1 Å². The van der Waals surface area contributed by atoms with E-state index in [4.69, 9.17) is 4.74 Å². The number of aromatic nitrogens is 1. The molecule has 1 aromatic heterocycles. The van der Waals surface area contributed by atoms with Gasteiger partial charge in [-0.2, -0.15) is 10.2 Å². The summed E-state index contributed by atoms with van der Waals surface area (Å²) in [5.41, 5.74) is 2.81. The van der Waals surface area contributed by atoms with E-state index >= 15 is 0 Å². The highest BCUT2D eigenvalue weighted by atomic mass is 32.2. The van der Waals surface area contributed by atoms with Crippen molar-refractivity contribution in [2.24, 2.45) is 10.2 Å². The van der Waals surface area contributed by atoms with Crippen LogP contribution in [0.25, 0.3) is 0 Å². The Morgan fingerprint density at radius 2 is 1.77 bits per heavy atom. The minimum atomic E-state index is -0.302. The topological polar surface area (TPSA) is 93.0 Å². The maximum Gasteiger partial charge on any atom is 0.311 e. The van der Waals surface area contributed by atoms with Crippen LogP contribution in [0.3, 0.4) is 0 Å². The van der Waals surface area contributed by atoms with Crippen LogP contribution < -0.4 is 5.32 Å². The lowest BCUT2D eigenvalue weighted by atomic mass is 10.3. The number of hydrogen-bond acceptors (Lipinski definition) is 8. The van der Waals surface area contributed by atoms with Gasteiger partial charge in [0.05, 0.1) is 35.8 Å². The fraction of sp³-hybridized carbons (Fsp3) is 0.190. The molecule has 2 aromatic carbocycles.